The minimum absolute atomic E-state index is 0.316. The monoisotopic (exact) mass is 249 g/mol. The van der Waals surface area contributed by atoms with Crippen molar-refractivity contribution in [3.63, 3.8) is 0 Å². The lowest BCUT2D eigenvalue weighted by atomic mass is 9.97. The Kier molecular flexibility index (Phi) is 2.67. The van der Waals surface area contributed by atoms with Crippen LogP contribution in [0.5, 0.6) is 0 Å². The third-order valence-corrected chi connectivity index (χ3v) is 3.34. The fraction of sp³-hybridized carbons (Fsp3) is 0.125. The fourth-order valence-corrected chi connectivity index (χ4v) is 2.47. The van der Waals surface area contributed by atoms with Crippen LogP contribution in [0.1, 0.15) is 11.1 Å². The van der Waals surface area contributed by atoms with Crippen molar-refractivity contribution in [1.82, 2.24) is 9.97 Å². The molecule has 0 aliphatic heterocycles. The Bertz CT molecular complexity index is 743. The lowest BCUT2D eigenvalue weighted by molar-refractivity contribution is 1.22. The second-order valence-electron chi connectivity index (χ2n) is 4.71. The van der Waals surface area contributed by atoms with Crippen LogP contribution in [0.4, 0.5) is 5.95 Å². The van der Waals surface area contributed by atoms with E-state index in [0.717, 1.165) is 22.2 Å². The van der Waals surface area contributed by atoms with E-state index in [4.69, 9.17) is 5.73 Å². The topological polar surface area (TPSA) is 51.8 Å². The first-order valence-electron chi connectivity index (χ1n) is 6.25. The van der Waals surface area contributed by atoms with E-state index in [0.29, 0.717) is 5.95 Å². The van der Waals surface area contributed by atoms with Crippen molar-refractivity contribution < 1.29 is 0 Å². The molecule has 0 aliphatic carbocycles. The molecule has 3 nitrogen and oxygen atoms in total. The minimum atomic E-state index is 0.316. The first-order chi connectivity index (χ1) is 9.16. The number of nitrogen functional groups attached to an aromatic ring is 1. The molecule has 0 fully saturated rings. The lowest BCUT2D eigenvalue weighted by Gasteiger charge is -2.12. The van der Waals surface area contributed by atoms with E-state index in [9.17, 15) is 0 Å². The van der Waals surface area contributed by atoms with Gasteiger partial charge in [-0.25, -0.2) is 9.97 Å². The molecule has 0 saturated heterocycles. The van der Waals surface area contributed by atoms with E-state index < -0.39 is 0 Å². The first kappa shape index (κ1) is 11.7. The summed E-state index contributed by atoms with van der Waals surface area (Å²) in [5.41, 5.74) is 11.2. The molecule has 0 aliphatic rings. The molecule has 0 unspecified atom stereocenters. The van der Waals surface area contributed by atoms with Gasteiger partial charge >= 0.3 is 0 Å². The molecule has 0 amide bonds. The summed E-state index contributed by atoms with van der Waals surface area (Å²) in [6.45, 7) is 4.19. The molecule has 3 heteroatoms. The van der Waals surface area contributed by atoms with Crippen molar-refractivity contribution in [1.29, 1.82) is 0 Å². The molecule has 0 spiro atoms. The summed E-state index contributed by atoms with van der Waals surface area (Å²) in [7, 11) is 0. The lowest BCUT2D eigenvalue weighted by Crippen LogP contribution is -2.00. The Balaban J connectivity index is 2.43. The number of anilines is 1. The smallest absolute Gasteiger partial charge is 0.221 e. The van der Waals surface area contributed by atoms with Gasteiger partial charge in [0.2, 0.25) is 5.95 Å². The van der Waals surface area contributed by atoms with Crippen LogP contribution in [0.3, 0.4) is 0 Å². The molecular weight excluding hydrogens is 234 g/mol. The number of fused-ring (bicyclic) bond motifs is 1. The van der Waals surface area contributed by atoms with Crippen molar-refractivity contribution in [3.8, 4) is 11.3 Å². The summed E-state index contributed by atoms with van der Waals surface area (Å²) in [5, 5.41) is 1.04. The van der Waals surface area contributed by atoms with Gasteiger partial charge in [-0.15, -0.1) is 0 Å². The van der Waals surface area contributed by atoms with Crippen LogP contribution in [0.25, 0.3) is 22.2 Å². The van der Waals surface area contributed by atoms with Gasteiger partial charge in [0.05, 0.1) is 11.2 Å². The Morgan fingerprint density at radius 1 is 0.842 bits per heavy atom. The van der Waals surface area contributed by atoms with Crippen molar-refractivity contribution in [3.05, 3.63) is 53.6 Å². The molecule has 0 atom stereocenters. The molecule has 2 aromatic carbocycles. The summed E-state index contributed by atoms with van der Waals surface area (Å²) in [6.07, 6.45) is 0. The highest BCUT2D eigenvalue weighted by atomic mass is 15.0. The zero-order valence-electron chi connectivity index (χ0n) is 11.0. The second kappa shape index (κ2) is 4.35. The number of hydrogen-bond donors (Lipinski definition) is 1. The highest BCUT2D eigenvalue weighted by Crippen LogP contribution is 2.31. The number of nitrogens with zero attached hydrogens (tertiary/aromatic N) is 2. The van der Waals surface area contributed by atoms with E-state index in [1.54, 1.807) is 0 Å². The van der Waals surface area contributed by atoms with E-state index in [2.05, 4.69) is 42.0 Å². The maximum atomic E-state index is 5.84. The van der Waals surface area contributed by atoms with Crippen molar-refractivity contribution >= 4 is 16.9 Å². The van der Waals surface area contributed by atoms with Gasteiger partial charge in [-0.1, -0.05) is 36.4 Å². The van der Waals surface area contributed by atoms with Gasteiger partial charge in [0, 0.05) is 10.9 Å². The molecule has 1 heterocycles. The number of benzene rings is 2. The Morgan fingerprint density at radius 3 is 2.26 bits per heavy atom. The van der Waals surface area contributed by atoms with Crippen LogP contribution in [-0.4, -0.2) is 9.97 Å². The molecule has 94 valence electrons. The molecule has 1 aromatic heterocycles. The van der Waals surface area contributed by atoms with Crippen LogP contribution in [0.15, 0.2) is 42.5 Å². The van der Waals surface area contributed by atoms with E-state index in [1.807, 2.05) is 24.3 Å². The number of para-hydroxylation sites is 1. The number of rotatable bonds is 1. The number of aromatic nitrogens is 2. The number of hydrogen-bond acceptors (Lipinski definition) is 3. The largest absolute Gasteiger partial charge is 0.368 e. The quantitative estimate of drug-likeness (QED) is 0.718. The highest BCUT2D eigenvalue weighted by molar-refractivity contribution is 5.94. The Hall–Kier alpha value is -2.42. The van der Waals surface area contributed by atoms with Gasteiger partial charge < -0.3 is 5.73 Å². The standard InChI is InChI=1S/C16H15N3/c1-10-6-5-7-11(2)14(10)15-12-8-3-4-9-13(12)18-16(17)19-15/h3-9H,1-2H3,(H2,17,18,19). The molecule has 3 rings (SSSR count). The highest BCUT2D eigenvalue weighted by Gasteiger charge is 2.12. The van der Waals surface area contributed by atoms with Gasteiger partial charge in [-0.05, 0) is 31.0 Å². The van der Waals surface area contributed by atoms with Crippen molar-refractivity contribution in [2.75, 3.05) is 5.73 Å². The van der Waals surface area contributed by atoms with Gasteiger partial charge in [0.1, 0.15) is 0 Å². The summed E-state index contributed by atoms with van der Waals surface area (Å²) >= 11 is 0. The maximum absolute atomic E-state index is 5.84. The third kappa shape index (κ3) is 1.93. The number of aryl methyl sites for hydroxylation is 2. The van der Waals surface area contributed by atoms with Crippen molar-refractivity contribution in [2.45, 2.75) is 13.8 Å². The van der Waals surface area contributed by atoms with Crippen LogP contribution in [-0.2, 0) is 0 Å². The van der Waals surface area contributed by atoms with E-state index in [1.165, 1.54) is 11.1 Å². The van der Waals surface area contributed by atoms with E-state index in [-0.39, 0.29) is 0 Å². The predicted molar refractivity (Wildman–Crippen MR) is 78.9 cm³/mol. The maximum Gasteiger partial charge on any atom is 0.221 e. The molecule has 0 saturated carbocycles. The fourth-order valence-electron chi connectivity index (χ4n) is 2.47. The summed E-state index contributed by atoms with van der Waals surface area (Å²) in [4.78, 5) is 8.75. The molecule has 2 N–H and O–H groups in total. The van der Waals surface area contributed by atoms with Crippen molar-refractivity contribution in [2.24, 2.45) is 0 Å². The van der Waals surface area contributed by atoms with Crippen LogP contribution in [0.2, 0.25) is 0 Å². The molecule has 0 radical (unpaired) electrons. The van der Waals surface area contributed by atoms with Gasteiger partial charge in [0.15, 0.2) is 0 Å². The van der Waals surface area contributed by atoms with E-state index >= 15 is 0 Å². The molecule has 19 heavy (non-hydrogen) atoms. The average molecular weight is 249 g/mol. The average Bonchev–Trinajstić information content (AvgIpc) is 2.38. The summed E-state index contributed by atoms with van der Waals surface area (Å²) in [6, 6.07) is 14.2. The summed E-state index contributed by atoms with van der Waals surface area (Å²) in [5.74, 6) is 0.316. The number of nitrogens with two attached hydrogens (primary N) is 1. The van der Waals surface area contributed by atoms with Crippen LogP contribution >= 0.6 is 0 Å². The van der Waals surface area contributed by atoms with Crippen LogP contribution in [0, 0.1) is 13.8 Å². The Morgan fingerprint density at radius 2 is 1.53 bits per heavy atom. The molecule has 0 bridgehead atoms. The minimum Gasteiger partial charge on any atom is -0.368 e. The summed E-state index contributed by atoms with van der Waals surface area (Å²) < 4.78 is 0. The third-order valence-electron chi connectivity index (χ3n) is 3.34. The van der Waals surface area contributed by atoms with Gasteiger partial charge in [0.25, 0.3) is 0 Å². The predicted octanol–water partition coefficient (Wildman–Crippen LogP) is 3.50. The SMILES string of the molecule is Cc1cccc(C)c1-c1nc(N)nc2ccccc12. The zero-order valence-corrected chi connectivity index (χ0v) is 11.0. The van der Waals surface area contributed by atoms with Gasteiger partial charge in [-0.3, -0.25) is 0 Å². The molecule has 3 aromatic rings. The van der Waals surface area contributed by atoms with Gasteiger partial charge in [-0.2, -0.15) is 0 Å². The zero-order chi connectivity index (χ0) is 13.4. The second-order valence-corrected chi connectivity index (χ2v) is 4.71. The van der Waals surface area contributed by atoms with Crippen LogP contribution < -0.4 is 5.73 Å². The normalized spacial score (nSPS) is 10.8. The first-order valence-corrected chi connectivity index (χ1v) is 6.25. The Labute approximate surface area is 112 Å². The molecular formula is C16H15N3.